The first-order valence-electron chi connectivity index (χ1n) is 4.42. The summed E-state index contributed by atoms with van der Waals surface area (Å²) < 4.78 is 0. The quantitative estimate of drug-likeness (QED) is 0.599. The smallest absolute Gasteiger partial charge is 0.248 e. The molecule has 4 heteroatoms. The SMILES string of the molecule is CC1(O)C=CC(=O)N1CCCCO. The van der Waals surface area contributed by atoms with Crippen LogP contribution in [0.5, 0.6) is 0 Å². The van der Waals surface area contributed by atoms with Gasteiger partial charge < -0.3 is 15.1 Å². The van der Waals surface area contributed by atoms with Crippen LogP contribution < -0.4 is 0 Å². The first-order valence-corrected chi connectivity index (χ1v) is 4.42. The lowest BCUT2D eigenvalue weighted by Gasteiger charge is -2.29. The van der Waals surface area contributed by atoms with Gasteiger partial charge in [0, 0.05) is 19.2 Å². The van der Waals surface area contributed by atoms with Crippen molar-refractivity contribution in [1.82, 2.24) is 4.90 Å². The van der Waals surface area contributed by atoms with Gasteiger partial charge in [-0.1, -0.05) is 0 Å². The normalized spacial score (nSPS) is 27.3. The number of carbonyl (C=O) groups is 1. The first-order chi connectivity index (χ1) is 6.08. The van der Waals surface area contributed by atoms with Gasteiger partial charge in [0.1, 0.15) is 0 Å². The van der Waals surface area contributed by atoms with Gasteiger partial charge >= 0.3 is 0 Å². The molecule has 0 aromatic heterocycles. The third kappa shape index (κ3) is 2.29. The van der Waals surface area contributed by atoms with E-state index in [1.807, 2.05) is 0 Å². The molecule has 0 bridgehead atoms. The fourth-order valence-electron chi connectivity index (χ4n) is 1.35. The molecule has 0 saturated heterocycles. The molecule has 2 N–H and O–H groups in total. The molecule has 1 rings (SSSR count). The molecule has 0 spiro atoms. The zero-order valence-electron chi connectivity index (χ0n) is 7.73. The highest BCUT2D eigenvalue weighted by atomic mass is 16.3. The van der Waals surface area contributed by atoms with Gasteiger partial charge in [0.2, 0.25) is 5.91 Å². The molecule has 0 radical (unpaired) electrons. The maximum Gasteiger partial charge on any atom is 0.248 e. The Hall–Kier alpha value is -0.870. The molecule has 0 aromatic carbocycles. The molecule has 74 valence electrons. The van der Waals surface area contributed by atoms with Crippen LogP contribution in [0.1, 0.15) is 19.8 Å². The van der Waals surface area contributed by atoms with Crippen LogP contribution in [0.15, 0.2) is 12.2 Å². The van der Waals surface area contributed by atoms with E-state index in [1.54, 1.807) is 6.92 Å². The van der Waals surface area contributed by atoms with E-state index < -0.39 is 5.72 Å². The Bertz CT molecular complexity index is 223. The summed E-state index contributed by atoms with van der Waals surface area (Å²) in [5, 5.41) is 18.2. The lowest BCUT2D eigenvalue weighted by Crippen LogP contribution is -2.44. The second-order valence-electron chi connectivity index (χ2n) is 3.35. The van der Waals surface area contributed by atoms with Crippen molar-refractivity contribution in [1.29, 1.82) is 0 Å². The average molecular weight is 185 g/mol. The van der Waals surface area contributed by atoms with Crippen LogP contribution in [0.25, 0.3) is 0 Å². The highest BCUT2D eigenvalue weighted by Crippen LogP contribution is 2.20. The maximum atomic E-state index is 11.2. The van der Waals surface area contributed by atoms with Gasteiger partial charge in [-0.05, 0) is 25.8 Å². The average Bonchev–Trinajstić information content (AvgIpc) is 2.31. The monoisotopic (exact) mass is 185 g/mol. The molecule has 0 saturated carbocycles. The number of unbranched alkanes of at least 4 members (excludes halogenated alkanes) is 1. The predicted octanol–water partition coefficient (Wildman–Crippen LogP) is -0.134. The fourth-order valence-corrected chi connectivity index (χ4v) is 1.35. The molecule has 1 amide bonds. The summed E-state index contributed by atoms with van der Waals surface area (Å²) in [5.74, 6) is -0.164. The van der Waals surface area contributed by atoms with Gasteiger partial charge in [-0.3, -0.25) is 4.79 Å². The number of aliphatic hydroxyl groups excluding tert-OH is 1. The van der Waals surface area contributed by atoms with Crippen molar-refractivity contribution in [3.05, 3.63) is 12.2 Å². The van der Waals surface area contributed by atoms with Crippen LogP contribution in [0.2, 0.25) is 0 Å². The standard InChI is InChI=1S/C9H15NO3/c1-9(13)5-4-8(12)10(9)6-2-3-7-11/h4-5,11,13H,2-3,6-7H2,1H3. The topological polar surface area (TPSA) is 60.8 Å². The highest BCUT2D eigenvalue weighted by Gasteiger charge is 2.33. The molecule has 0 fully saturated rings. The van der Waals surface area contributed by atoms with Gasteiger partial charge in [-0.2, -0.15) is 0 Å². The number of nitrogens with zero attached hydrogens (tertiary/aromatic N) is 1. The summed E-state index contributed by atoms with van der Waals surface area (Å²) >= 11 is 0. The molecule has 13 heavy (non-hydrogen) atoms. The summed E-state index contributed by atoms with van der Waals surface area (Å²) in [5.41, 5.74) is -1.15. The van der Waals surface area contributed by atoms with Crippen LogP contribution in [0, 0.1) is 0 Å². The summed E-state index contributed by atoms with van der Waals surface area (Å²) in [6.07, 6.45) is 4.22. The maximum absolute atomic E-state index is 11.2. The third-order valence-corrected chi connectivity index (χ3v) is 2.14. The van der Waals surface area contributed by atoms with Crippen LogP contribution in [-0.4, -0.2) is 39.9 Å². The Morgan fingerprint density at radius 2 is 2.23 bits per heavy atom. The minimum atomic E-state index is -1.15. The van der Waals surface area contributed by atoms with E-state index >= 15 is 0 Å². The van der Waals surface area contributed by atoms with Gasteiger partial charge in [-0.15, -0.1) is 0 Å². The van der Waals surface area contributed by atoms with Crippen molar-refractivity contribution in [3.8, 4) is 0 Å². The molecule has 1 heterocycles. The van der Waals surface area contributed by atoms with E-state index in [9.17, 15) is 9.90 Å². The predicted molar refractivity (Wildman–Crippen MR) is 47.8 cm³/mol. The summed E-state index contributed by atoms with van der Waals surface area (Å²) in [4.78, 5) is 12.6. The zero-order valence-corrected chi connectivity index (χ0v) is 7.73. The van der Waals surface area contributed by atoms with Crippen LogP contribution >= 0.6 is 0 Å². The Morgan fingerprint density at radius 1 is 1.54 bits per heavy atom. The molecule has 0 aliphatic carbocycles. The summed E-state index contributed by atoms with van der Waals surface area (Å²) in [6.45, 7) is 2.18. The summed E-state index contributed by atoms with van der Waals surface area (Å²) in [6, 6.07) is 0. The molecule has 1 unspecified atom stereocenters. The van der Waals surface area contributed by atoms with Crippen LogP contribution in [0.4, 0.5) is 0 Å². The molecule has 1 aliphatic rings. The number of aliphatic hydroxyl groups is 2. The van der Waals surface area contributed by atoms with E-state index in [0.717, 1.165) is 0 Å². The second kappa shape index (κ2) is 3.89. The number of carbonyl (C=O) groups excluding carboxylic acids is 1. The lowest BCUT2D eigenvalue weighted by atomic mass is 10.2. The van der Waals surface area contributed by atoms with Gasteiger partial charge in [0.05, 0.1) is 0 Å². The number of amides is 1. The number of rotatable bonds is 4. The van der Waals surface area contributed by atoms with Crippen molar-refractivity contribution in [2.24, 2.45) is 0 Å². The van der Waals surface area contributed by atoms with Gasteiger partial charge in [0.15, 0.2) is 5.72 Å². The van der Waals surface area contributed by atoms with Crippen molar-refractivity contribution in [2.75, 3.05) is 13.2 Å². The molecule has 1 aliphatic heterocycles. The highest BCUT2D eigenvalue weighted by molar-refractivity contribution is 5.91. The van der Waals surface area contributed by atoms with Crippen molar-refractivity contribution < 1.29 is 15.0 Å². The van der Waals surface area contributed by atoms with Crippen molar-refractivity contribution >= 4 is 5.91 Å². The molecule has 0 aromatic rings. The van der Waals surface area contributed by atoms with Crippen molar-refractivity contribution in [3.63, 3.8) is 0 Å². The molecule has 1 atom stereocenters. The fraction of sp³-hybridized carbons (Fsp3) is 0.667. The second-order valence-corrected chi connectivity index (χ2v) is 3.35. The van der Waals surface area contributed by atoms with Crippen molar-refractivity contribution in [2.45, 2.75) is 25.5 Å². The molecular weight excluding hydrogens is 170 g/mol. The largest absolute Gasteiger partial charge is 0.396 e. The van der Waals surface area contributed by atoms with E-state index in [-0.39, 0.29) is 12.5 Å². The minimum Gasteiger partial charge on any atom is -0.396 e. The first kappa shape index (κ1) is 10.2. The number of hydrogen-bond acceptors (Lipinski definition) is 3. The minimum absolute atomic E-state index is 0.123. The van der Waals surface area contributed by atoms with E-state index in [2.05, 4.69) is 0 Å². The Labute approximate surface area is 77.5 Å². The lowest BCUT2D eigenvalue weighted by molar-refractivity contribution is -0.139. The molecular formula is C9H15NO3. The van der Waals surface area contributed by atoms with E-state index in [0.29, 0.717) is 19.4 Å². The van der Waals surface area contributed by atoms with E-state index in [1.165, 1.54) is 17.1 Å². The molecule has 4 nitrogen and oxygen atoms in total. The van der Waals surface area contributed by atoms with E-state index in [4.69, 9.17) is 5.11 Å². The Balaban J connectivity index is 2.45. The Kier molecular flexibility index (Phi) is 3.06. The Morgan fingerprint density at radius 3 is 2.69 bits per heavy atom. The van der Waals surface area contributed by atoms with Gasteiger partial charge in [-0.25, -0.2) is 0 Å². The van der Waals surface area contributed by atoms with Crippen LogP contribution in [0.3, 0.4) is 0 Å². The number of hydrogen-bond donors (Lipinski definition) is 2. The third-order valence-electron chi connectivity index (χ3n) is 2.14. The van der Waals surface area contributed by atoms with Crippen LogP contribution in [-0.2, 0) is 4.79 Å². The zero-order chi connectivity index (χ0) is 9.90. The summed E-state index contributed by atoms with van der Waals surface area (Å²) in [7, 11) is 0. The van der Waals surface area contributed by atoms with Gasteiger partial charge in [0.25, 0.3) is 0 Å².